The third-order valence-electron chi connectivity index (χ3n) is 4.11. The molecule has 0 radical (unpaired) electrons. The van der Waals surface area contributed by atoms with Gasteiger partial charge in [0, 0.05) is 23.4 Å². The van der Waals surface area contributed by atoms with Crippen molar-refractivity contribution in [1.82, 2.24) is 5.32 Å². The van der Waals surface area contributed by atoms with Crippen molar-refractivity contribution in [2.75, 3.05) is 11.9 Å². The first-order chi connectivity index (χ1) is 11.9. The van der Waals surface area contributed by atoms with Crippen molar-refractivity contribution in [3.05, 3.63) is 64.7 Å². The van der Waals surface area contributed by atoms with E-state index in [2.05, 4.69) is 24.5 Å². The number of hydrogen-bond acceptors (Lipinski definition) is 2. The molecular formula is C21H26N2O2. The smallest absolute Gasteiger partial charge is 0.255 e. The minimum atomic E-state index is -0.170. The molecular weight excluding hydrogens is 312 g/mol. The first kappa shape index (κ1) is 18.7. The standard InChI is InChI=1S/C21H26N2O2/c1-5-13-22-20(24)16-9-11-17(12-10-16)21(25)23-19-15(4)7-6-8-18(19)14(2)3/h6-12,14H,5,13H2,1-4H3,(H,22,24)(H,23,25). The van der Waals surface area contributed by atoms with Gasteiger partial charge in [-0.2, -0.15) is 0 Å². The summed E-state index contributed by atoms with van der Waals surface area (Å²) in [7, 11) is 0. The van der Waals surface area contributed by atoms with Gasteiger partial charge in [-0.15, -0.1) is 0 Å². The molecule has 0 unspecified atom stereocenters. The first-order valence-electron chi connectivity index (χ1n) is 8.73. The number of carbonyl (C=O) groups excluding carboxylic acids is 2. The molecule has 0 aliphatic rings. The van der Waals surface area contributed by atoms with Gasteiger partial charge in [0.15, 0.2) is 0 Å². The maximum absolute atomic E-state index is 12.6. The Morgan fingerprint density at radius 1 is 0.960 bits per heavy atom. The van der Waals surface area contributed by atoms with Gasteiger partial charge in [0.1, 0.15) is 0 Å². The van der Waals surface area contributed by atoms with Crippen molar-refractivity contribution in [3.8, 4) is 0 Å². The third kappa shape index (κ3) is 4.69. The predicted molar refractivity (Wildman–Crippen MR) is 102 cm³/mol. The summed E-state index contributed by atoms with van der Waals surface area (Å²) in [5, 5.41) is 5.84. The average molecular weight is 338 g/mol. The Hall–Kier alpha value is -2.62. The molecule has 0 saturated carbocycles. The molecule has 0 aromatic heterocycles. The lowest BCUT2D eigenvalue weighted by atomic mass is 9.98. The topological polar surface area (TPSA) is 58.2 Å². The highest BCUT2D eigenvalue weighted by atomic mass is 16.2. The number of nitrogens with one attached hydrogen (secondary N) is 2. The molecule has 0 spiro atoms. The average Bonchev–Trinajstić information content (AvgIpc) is 2.61. The Morgan fingerprint density at radius 3 is 2.12 bits per heavy atom. The van der Waals surface area contributed by atoms with Crippen LogP contribution in [0, 0.1) is 6.92 Å². The lowest BCUT2D eigenvalue weighted by molar-refractivity contribution is 0.0951. The van der Waals surface area contributed by atoms with E-state index in [0.29, 0.717) is 23.6 Å². The first-order valence-corrected chi connectivity index (χ1v) is 8.73. The van der Waals surface area contributed by atoms with Gasteiger partial charge in [0.05, 0.1) is 0 Å². The highest BCUT2D eigenvalue weighted by Gasteiger charge is 2.14. The summed E-state index contributed by atoms with van der Waals surface area (Å²) in [6.07, 6.45) is 0.890. The van der Waals surface area contributed by atoms with Gasteiger partial charge in [-0.3, -0.25) is 9.59 Å². The summed E-state index contributed by atoms with van der Waals surface area (Å²) in [5.41, 5.74) is 4.11. The molecule has 132 valence electrons. The minimum absolute atomic E-state index is 0.116. The highest BCUT2D eigenvalue weighted by Crippen LogP contribution is 2.27. The summed E-state index contributed by atoms with van der Waals surface area (Å²) in [6.45, 7) is 8.85. The zero-order valence-corrected chi connectivity index (χ0v) is 15.3. The highest BCUT2D eigenvalue weighted by molar-refractivity contribution is 6.05. The summed E-state index contributed by atoms with van der Waals surface area (Å²) in [4.78, 5) is 24.5. The summed E-state index contributed by atoms with van der Waals surface area (Å²) >= 11 is 0. The molecule has 4 heteroatoms. The number of hydrogen-bond donors (Lipinski definition) is 2. The second-order valence-electron chi connectivity index (χ2n) is 6.48. The van der Waals surface area contributed by atoms with Crippen LogP contribution in [0.2, 0.25) is 0 Å². The molecule has 2 N–H and O–H groups in total. The molecule has 0 atom stereocenters. The second-order valence-corrected chi connectivity index (χ2v) is 6.48. The van der Waals surface area contributed by atoms with E-state index in [9.17, 15) is 9.59 Å². The monoisotopic (exact) mass is 338 g/mol. The van der Waals surface area contributed by atoms with E-state index in [4.69, 9.17) is 0 Å². The molecule has 0 saturated heterocycles. The summed E-state index contributed by atoms with van der Waals surface area (Å²) < 4.78 is 0. The number of benzene rings is 2. The van der Waals surface area contributed by atoms with Crippen molar-refractivity contribution in [2.24, 2.45) is 0 Å². The molecule has 0 bridgehead atoms. The van der Waals surface area contributed by atoms with Gasteiger partial charge < -0.3 is 10.6 Å². The SMILES string of the molecule is CCCNC(=O)c1ccc(C(=O)Nc2c(C)cccc2C(C)C)cc1. The molecule has 2 rings (SSSR count). The largest absolute Gasteiger partial charge is 0.352 e. The van der Waals surface area contributed by atoms with Crippen LogP contribution in [0.4, 0.5) is 5.69 Å². The van der Waals surface area contributed by atoms with Gasteiger partial charge in [0.2, 0.25) is 0 Å². The zero-order valence-electron chi connectivity index (χ0n) is 15.3. The van der Waals surface area contributed by atoms with Crippen molar-refractivity contribution in [3.63, 3.8) is 0 Å². The van der Waals surface area contributed by atoms with Crippen molar-refractivity contribution < 1.29 is 9.59 Å². The Labute approximate surface area is 149 Å². The molecule has 25 heavy (non-hydrogen) atoms. The van der Waals surface area contributed by atoms with Crippen LogP contribution >= 0.6 is 0 Å². The quantitative estimate of drug-likeness (QED) is 0.814. The molecule has 2 aromatic rings. The number of aryl methyl sites for hydroxylation is 1. The van der Waals surface area contributed by atoms with Crippen LogP contribution in [-0.4, -0.2) is 18.4 Å². The third-order valence-corrected chi connectivity index (χ3v) is 4.11. The molecule has 0 fully saturated rings. The van der Waals surface area contributed by atoms with Crippen LogP contribution in [0.15, 0.2) is 42.5 Å². The van der Waals surface area contributed by atoms with E-state index in [0.717, 1.165) is 23.2 Å². The summed E-state index contributed by atoms with van der Waals surface area (Å²) in [5.74, 6) is 0.0337. The van der Waals surface area contributed by atoms with Crippen molar-refractivity contribution in [1.29, 1.82) is 0 Å². The van der Waals surface area contributed by atoms with E-state index in [1.54, 1.807) is 24.3 Å². The number of amides is 2. The fraction of sp³-hybridized carbons (Fsp3) is 0.333. The van der Waals surface area contributed by atoms with E-state index in [1.807, 2.05) is 32.0 Å². The van der Waals surface area contributed by atoms with Crippen LogP contribution in [0.25, 0.3) is 0 Å². The molecule has 0 heterocycles. The van der Waals surface area contributed by atoms with Gasteiger partial charge in [0.25, 0.3) is 11.8 Å². The van der Waals surface area contributed by atoms with Crippen LogP contribution in [0.1, 0.15) is 65.0 Å². The maximum Gasteiger partial charge on any atom is 0.255 e. The van der Waals surface area contributed by atoms with Crippen molar-refractivity contribution in [2.45, 2.75) is 40.0 Å². The molecule has 4 nitrogen and oxygen atoms in total. The number of para-hydroxylation sites is 1. The minimum Gasteiger partial charge on any atom is -0.352 e. The molecule has 2 aromatic carbocycles. The van der Waals surface area contributed by atoms with E-state index in [-0.39, 0.29) is 11.8 Å². The molecule has 2 amide bonds. The number of carbonyl (C=O) groups is 2. The molecule has 0 aliphatic carbocycles. The fourth-order valence-corrected chi connectivity index (χ4v) is 2.64. The Balaban J connectivity index is 2.16. The van der Waals surface area contributed by atoms with Gasteiger partial charge in [-0.05, 0) is 54.7 Å². The van der Waals surface area contributed by atoms with Crippen LogP contribution < -0.4 is 10.6 Å². The van der Waals surface area contributed by atoms with Crippen LogP contribution in [-0.2, 0) is 0 Å². The zero-order chi connectivity index (χ0) is 18.4. The lowest BCUT2D eigenvalue weighted by Gasteiger charge is -2.16. The second kappa shape index (κ2) is 8.47. The number of rotatable bonds is 6. The Morgan fingerprint density at radius 2 is 1.56 bits per heavy atom. The van der Waals surface area contributed by atoms with E-state index >= 15 is 0 Å². The lowest BCUT2D eigenvalue weighted by Crippen LogP contribution is -2.24. The Kier molecular flexibility index (Phi) is 6.34. The van der Waals surface area contributed by atoms with Gasteiger partial charge >= 0.3 is 0 Å². The molecule has 0 aliphatic heterocycles. The maximum atomic E-state index is 12.6. The van der Waals surface area contributed by atoms with Crippen LogP contribution in [0.3, 0.4) is 0 Å². The van der Waals surface area contributed by atoms with E-state index in [1.165, 1.54) is 0 Å². The van der Waals surface area contributed by atoms with Crippen LogP contribution in [0.5, 0.6) is 0 Å². The Bertz CT molecular complexity index is 749. The summed E-state index contributed by atoms with van der Waals surface area (Å²) in [6, 6.07) is 12.8. The number of anilines is 1. The predicted octanol–water partition coefficient (Wildman–Crippen LogP) is 4.51. The van der Waals surface area contributed by atoms with E-state index < -0.39 is 0 Å². The normalized spacial score (nSPS) is 10.6. The van der Waals surface area contributed by atoms with Crippen molar-refractivity contribution >= 4 is 17.5 Å². The van der Waals surface area contributed by atoms with Gasteiger partial charge in [-0.25, -0.2) is 0 Å². The van der Waals surface area contributed by atoms with Gasteiger partial charge in [-0.1, -0.05) is 39.0 Å². The fourth-order valence-electron chi connectivity index (χ4n) is 2.64.